The summed E-state index contributed by atoms with van der Waals surface area (Å²) < 4.78 is 10.1. The smallest absolute Gasteiger partial charge is 0.329 e. The molecule has 0 aromatic carbocycles. The lowest BCUT2D eigenvalue weighted by molar-refractivity contribution is -0.154. The summed E-state index contributed by atoms with van der Waals surface area (Å²) in [6.45, 7) is 9.54. The van der Waals surface area contributed by atoms with Gasteiger partial charge in [0.05, 0.1) is 25.7 Å². The van der Waals surface area contributed by atoms with E-state index in [0.717, 1.165) is 0 Å². The molecule has 3 N–H and O–H groups in total. The molecule has 2 atom stereocenters. The van der Waals surface area contributed by atoms with Crippen molar-refractivity contribution in [2.75, 3.05) is 13.2 Å². The first-order valence-electron chi connectivity index (χ1n) is 7.51. The summed E-state index contributed by atoms with van der Waals surface area (Å²) in [6, 6.07) is -1.87. The van der Waals surface area contributed by atoms with E-state index in [-0.39, 0.29) is 31.5 Å². The molecule has 128 valence electrons. The van der Waals surface area contributed by atoms with Crippen molar-refractivity contribution in [1.82, 2.24) is 5.32 Å². The second kappa shape index (κ2) is 10.2. The van der Waals surface area contributed by atoms with Crippen LogP contribution in [0.25, 0.3) is 0 Å². The van der Waals surface area contributed by atoms with Gasteiger partial charge in [-0.15, -0.1) is 0 Å². The van der Waals surface area contributed by atoms with Crippen LogP contribution >= 0.6 is 0 Å². The van der Waals surface area contributed by atoms with E-state index in [1.807, 2.05) is 27.7 Å². The Morgan fingerprint density at radius 3 is 1.91 bits per heavy atom. The maximum Gasteiger partial charge on any atom is 0.329 e. The highest BCUT2D eigenvalue weighted by molar-refractivity contribution is 5.89. The predicted octanol–water partition coefficient (Wildman–Crippen LogP) is 0.607. The Balaban J connectivity index is 4.67. The van der Waals surface area contributed by atoms with Crippen molar-refractivity contribution >= 4 is 17.8 Å². The van der Waals surface area contributed by atoms with Gasteiger partial charge in [0.25, 0.3) is 0 Å². The Morgan fingerprint density at radius 1 is 0.955 bits per heavy atom. The standard InChI is InChI=1S/C15H28N2O5/c1-9(2)7-21-13(18)6-12(17-14(19)11(5)16)15(20)22-8-10(3)4/h9-12H,6-8,16H2,1-5H3,(H,17,19)/t11-,12-/m0/s1. The van der Waals surface area contributed by atoms with E-state index in [1.165, 1.54) is 6.92 Å². The quantitative estimate of drug-likeness (QED) is 0.603. The topological polar surface area (TPSA) is 108 Å². The summed E-state index contributed by atoms with van der Waals surface area (Å²) in [5, 5.41) is 2.42. The van der Waals surface area contributed by atoms with Crippen molar-refractivity contribution in [3.05, 3.63) is 0 Å². The summed E-state index contributed by atoms with van der Waals surface area (Å²) in [5.74, 6) is -1.41. The maximum absolute atomic E-state index is 12.0. The van der Waals surface area contributed by atoms with E-state index < -0.39 is 29.9 Å². The van der Waals surface area contributed by atoms with E-state index in [2.05, 4.69) is 5.32 Å². The molecule has 0 aliphatic heterocycles. The van der Waals surface area contributed by atoms with E-state index in [1.54, 1.807) is 0 Å². The molecule has 0 bridgehead atoms. The summed E-state index contributed by atoms with van der Waals surface area (Å²) in [6.07, 6.45) is -0.276. The van der Waals surface area contributed by atoms with Gasteiger partial charge in [-0.2, -0.15) is 0 Å². The van der Waals surface area contributed by atoms with Crippen LogP contribution < -0.4 is 11.1 Å². The van der Waals surface area contributed by atoms with E-state index in [4.69, 9.17) is 15.2 Å². The van der Waals surface area contributed by atoms with Gasteiger partial charge in [0.15, 0.2) is 0 Å². The molecule has 0 heterocycles. The Labute approximate surface area is 131 Å². The molecular formula is C15H28N2O5. The fourth-order valence-electron chi connectivity index (χ4n) is 1.33. The lowest BCUT2D eigenvalue weighted by atomic mass is 10.2. The fraction of sp³-hybridized carbons (Fsp3) is 0.800. The number of rotatable bonds is 9. The predicted molar refractivity (Wildman–Crippen MR) is 81.8 cm³/mol. The lowest BCUT2D eigenvalue weighted by Crippen LogP contribution is -2.49. The molecular weight excluding hydrogens is 288 g/mol. The van der Waals surface area contributed by atoms with Crippen molar-refractivity contribution in [1.29, 1.82) is 0 Å². The number of hydrogen-bond acceptors (Lipinski definition) is 6. The van der Waals surface area contributed by atoms with Gasteiger partial charge in [-0.25, -0.2) is 4.79 Å². The summed E-state index contributed by atoms with van der Waals surface area (Å²) in [4.78, 5) is 35.4. The van der Waals surface area contributed by atoms with Crippen molar-refractivity contribution in [3.63, 3.8) is 0 Å². The van der Waals surface area contributed by atoms with Gasteiger partial charge in [-0.1, -0.05) is 27.7 Å². The Bertz CT molecular complexity index is 380. The minimum absolute atomic E-state index is 0.154. The van der Waals surface area contributed by atoms with Crippen LogP contribution in [0.2, 0.25) is 0 Å². The van der Waals surface area contributed by atoms with Crippen LogP contribution in [-0.4, -0.2) is 43.1 Å². The van der Waals surface area contributed by atoms with E-state index >= 15 is 0 Å². The van der Waals surface area contributed by atoms with Crippen LogP contribution in [0.3, 0.4) is 0 Å². The largest absolute Gasteiger partial charge is 0.465 e. The van der Waals surface area contributed by atoms with Crippen LogP contribution in [-0.2, 0) is 23.9 Å². The minimum atomic E-state index is -1.09. The van der Waals surface area contributed by atoms with Crippen LogP contribution in [0, 0.1) is 11.8 Å². The molecule has 0 aliphatic carbocycles. The Morgan fingerprint density at radius 2 is 1.45 bits per heavy atom. The SMILES string of the molecule is CC(C)COC(=O)C[C@H](NC(=O)[C@H](C)N)C(=O)OCC(C)C. The van der Waals surface area contributed by atoms with Crippen LogP contribution in [0.4, 0.5) is 0 Å². The zero-order chi connectivity index (χ0) is 17.3. The normalized spacial score (nSPS) is 13.6. The van der Waals surface area contributed by atoms with Crippen LogP contribution in [0.1, 0.15) is 41.0 Å². The molecule has 0 fully saturated rings. The molecule has 7 nitrogen and oxygen atoms in total. The first kappa shape index (κ1) is 20.4. The van der Waals surface area contributed by atoms with Crippen molar-refractivity contribution in [2.45, 2.75) is 53.1 Å². The number of amides is 1. The number of nitrogens with one attached hydrogen (secondary N) is 1. The number of ether oxygens (including phenoxy) is 2. The van der Waals surface area contributed by atoms with E-state index in [9.17, 15) is 14.4 Å². The summed E-state index contributed by atoms with van der Waals surface area (Å²) >= 11 is 0. The zero-order valence-corrected chi connectivity index (χ0v) is 14.0. The first-order valence-corrected chi connectivity index (χ1v) is 7.51. The fourth-order valence-corrected chi connectivity index (χ4v) is 1.33. The molecule has 0 unspecified atom stereocenters. The van der Waals surface area contributed by atoms with Crippen molar-refractivity contribution < 1.29 is 23.9 Å². The molecule has 22 heavy (non-hydrogen) atoms. The highest BCUT2D eigenvalue weighted by atomic mass is 16.5. The van der Waals surface area contributed by atoms with Gasteiger partial charge in [0.1, 0.15) is 6.04 Å². The molecule has 0 radical (unpaired) electrons. The number of nitrogens with two attached hydrogens (primary N) is 1. The molecule has 0 rings (SSSR count). The van der Waals surface area contributed by atoms with Gasteiger partial charge < -0.3 is 20.5 Å². The molecule has 0 aromatic rings. The lowest BCUT2D eigenvalue weighted by Gasteiger charge is -2.19. The zero-order valence-electron chi connectivity index (χ0n) is 14.0. The van der Waals surface area contributed by atoms with Crippen LogP contribution in [0.15, 0.2) is 0 Å². The average molecular weight is 316 g/mol. The second-order valence-corrected chi connectivity index (χ2v) is 6.15. The molecule has 0 aliphatic rings. The number of hydrogen-bond donors (Lipinski definition) is 2. The third kappa shape index (κ3) is 9.33. The molecule has 1 amide bonds. The molecule has 0 saturated heterocycles. The third-order valence-electron chi connectivity index (χ3n) is 2.52. The Hall–Kier alpha value is -1.63. The van der Waals surface area contributed by atoms with Crippen molar-refractivity contribution in [3.8, 4) is 0 Å². The maximum atomic E-state index is 12.0. The molecule has 0 saturated carbocycles. The Kier molecular flexibility index (Phi) is 9.40. The van der Waals surface area contributed by atoms with Gasteiger partial charge >= 0.3 is 11.9 Å². The van der Waals surface area contributed by atoms with E-state index in [0.29, 0.717) is 0 Å². The van der Waals surface area contributed by atoms with Crippen LogP contribution in [0.5, 0.6) is 0 Å². The minimum Gasteiger partial charge on any atom is -0.465 e. The van der Waals surface area contributed by atoms with Gasteiger partial charge in [-0.05, 0) is 18.8 Å². The highest BCUT2D eigenvalue weighted by Crippen LogP contribution is 2.03. The third-order valence-corrected chi connectivity index (χ3v) is 2.52. The molecule has 0 aromatic heterocycles. The van der Waals surface area contributed by atoms with Crippen molar-refractivity contribution in [2.24, 2.45) is 17.6 Å². The summed E-state index contributed by atoms with van der Waals surface area (Å²) in [7, 11) is 0. The monoisotopic (exact) mass is 316 g/mol. The highest BCUT2D eigenvalue weighted by Gasteiger charge is 2.27. The summed E-state index contributed by atoms with van der Waals surface area (Å²) in [5.41, 5.74) is 5.46. The van der Waals surface area contributed by atoms with Gasteiger partial charge in [0.2, 0.25) is 5.91 Å². The number of esters is 2. The van der Waals surface area contributed by atoms with Gasteiger partial charge in [-0.3, -0.25) is 9.59 Å². The molecule has 7 heteroatoms. The molecule has 0 spiro atoms. The first-order chi connectivity index (χ1) is 10.1. The van der Waals surface area contributed by atoms with Gasteiger partial charge in [0, 0.05) is 0 Å². The second-order valence-electron chi connectivity index (χ2n) is 6.15. The average Bonchev–Trinajstić information content (AvgIpc) is 2.41. The number of carbonyl (C=O) groups excluding carboxylic acids is 3. The number of carbonyl (C=O) groups is 3.